The predicted molar refractivity (Wildman–Crippen MR) is 80.1 cm³/mol. The third-order valence-electron chi connectivity index (χ3n) is 3.51. The predicted octanol–water partition coefficient (Wildman–Crippen LogP) is 3.97. The fourth-order valence-corrected chi connectivity index (χ4v) is 3.13. The van der Waals surface area contributed by atoms with Gasteiger partial charge in [0.25, 0.3) is 0 Å². The number of halogens is 1. The fourth-order valence-electron chi connectivity index (χ4n) is 2.58. The third-order valence-corrected chi connectivity index (χ3v) is 4.13. The van der Waals surface area contributed by atoms with Crippen molar-refractivity contribution in [2.45, 2.75) is 19.6 Å². The van der Waals surface area contributed by atoms with Gasteiger partial charge < -0.3 is 4.74 Å². The number of fused-ring (bicyclic) bond motifs is 1. The summed E-state index contributed by atoms with van der Waals surface area (Å²) in [7, 11) is 1.71. The number of rotatable bonds is 3. The Balaban J connectivity index is 1.77. The smallest absolute Gasteiger partial charge is 0.133 e. The molecule has 0 atom stereocenters. The van der Waals surface area contributed by atoms with Crippen molar-refractivity contribution < 1.29 is 4.74 Å². The number of methoxy groups -OCH3 is 1. The number of hydrogen-bond acceptors (Lipinski definition) is 2. The van der Waals surface area contributed by atoms with E-state index in [1.54, 1.807) is 7.11 Å². The van der Waals surface area contributed by atoms with E-state index in [1.165, 1.54) is 16.7 Å². The molecule has 1 aliphatic heterocycles. The lowest BCUT2D eigenvalue weighted by atomic mass is 10.1. The largest absolute Gasteiger partial charge is 0.496 e. The van der Waals surface area contributed by atoms with Gasteiger partial charge in [-0.15, -0.1) is 0 Å². The van der Waals surface area contributed by atoms with Gasteiger partial charge in [0.2, 0.25) is 0 Å². The van der Waals surface area contributed by atoms with Crippen LogP contribution in [0.5, 0.6) is 5.75 Å². The van der Waals surface area contributed by atoms with Gasteiger partial charge in [0.05, 0.1) is 11.6 Å². The molecular formula is C16H16BrNO. The minimum absolute atomic E-state index is 0.917. The Bertz CT molecular complexity index is 583. The molecule has 0 aromatic heterocycles. The molecule has 2 aromatic carbocycles. The van der Waals surface area contributed by atoms with Gasteiger partial charge in [-0.2, -0.15) is 0 Å². The maximum absolute atomic E-state index is 5.36. The average molecular weight is 318 g/mol. The van der Waals surface area contributed by atoms with Crippen molar-refractivity contribution in [1.29, 1.82) is 0 Å². The van der Waals surface area contributed by atoms with Gasteiger partial charge in [-0.3, -0.25) is 4.90 Å². The molecule has 1 heterocycles. The molecule has 1 aliphatic rings. The van der Waals surface area contributed by atoms with E-state index in [2.05, 4.69) is 63.3 Å². The van der Waals surface area contributed by atoms with Crippen molar-refractivity contribution in [2.75, 3.05) is 7.11 Å². The van der Waals surface area contributed by atoms with E-state index in [4.69, 9.17) is 4.74 Å². The number of ether oxygens (including phenoxy) is 1. The molecule has 98 valence electrons. The minimum Gasteiger partial charge on any atom is -0.496 e. The molecule has 0 radical (unpaired) electrons. The van der Waals surface area contributed by atoms with Crippen LogP contribution < -0.4 is 4.74 Å². The van der Waals surface area contributed by atoms with E-state index in [0.717, 1.165) is 29.9 Å². The second-order valence-corrected chi connectivity index (χ2v) is 5.74. The summed E-state index contributed by atoms with van der Waals surface area (Å²) >= 11 is 3.55. The van der Waals surface area contributed by atoms with Gasteiger partial charge in [0, 0.05) is 19.6 Å². The molecule has 0 saturated heterocycles. The fraction of sp³-hybridized carbons (Fsp3) is 0.250. The summed E-state index contributed by atoms with van der Waals surface area (Å²) in [6.45, 7) is 3.00. The normalized spacial score (nSPS) is 14.4. The third kappa shape index (κ3) is 2.67. The second kappa shape index (κ2) is 5.35. The Morgan fingerprint density at radius 3 is 2.47 bits per heavy atom. The Labute approximate surface area is 122 Å². The Morgan fingerprint density at radius 2 is 1.79 bits per heavy atom. The molecule has 0 unspecified atom stereocenters. The molecular weight excluding hydrogens is 302 g/mol. The van der Waals surface area contributed by atoms with E-state index in [9.17, 15) is 0 Å². The van der Waals surface area contributed by atoms with Gasteiger partial charge >= 0.3 is 0 Å². The average Bonchev–Trinajstić information content (AvgIpc) is 2.80. The first-order valence-corrected chi connectivity index (χ1v) is 7.17. The number of benzene rings is 2. The van der Waals surface area contributed by atoms with Crippen LogP contribution in [0.4, 0.5) is 0 Å². The van der Waals surface area contributed by atoms with Crippen LogP contribution >= 0.6 is 15.9 Å². The topological polar surface area (TPSA) is 12.5 Å². The molecule has 0 bridgehead atoms. The lowest BCUT2D eigenvalue weighted by molar-refractivity contribution is 0.275. The first-order valence-electron chi connectivity index (χ1n) is 6.38. The quantitative estimate of drug-likeness (QED) is 0.849. The maximum atomic E-state index is 5.36. The highest BCUT2D eigenvalue weighted by molar-refractivity contribution is 9.10. The molecule has 19 heavy (non-hydrogen) atoms. The summed E-state index contributed by atoms with van der Waals surface area (Å²) in [4.78, 5) is 2.45. The summed E-state index contributed by atoms with van der Waals surface area (Å²) in [5.41, 5.74) is 4.13. The highest BCUT2D eigenvalue weighted by atomic mass is 79.9. The summed E-state index contributed by atoms with van der Waals surface area (Å²) in [5, 5.41) is 0. The van der Waals surface area contributed by atoms with Gasteiger partial charge in [-0.1, -0.05) is 30.3 Å². The zero-order valence-corrected chi connectivity index (χ0v) is 12.5. The molecule has 2 aromatic rings. The molecule has 3 heteroatoms. The van der Waals surface area contributed by atoms with Gasteiger partial charge in [-0.05, 0) is 44.8 Å². The van der Waals surface area contributed by atoms with Crippen LogP contribution in [0.1, 0.15) is 16.7 Å². The van der Waals surface area contributed by atoms with Crippen LogP contribution in [0.3, 0.4) is 0 Å². The first kappa shape index (κ1) is 12.7. The van der Waals surface area contributed by atoms with E-state index in [1.807, 2.05) is 0 Å². The highest BCUT2D eigenvalue weighted by Crippen LogP contribution is 2.33. The summed E-state index contributed by atoms with van der Waals surface area (Å²) in [6, 6.07) is 14.9. The summed E-state index contributed by atoms with van der Waals surface area (Å²) in [5.74, 6) is 0.917. The Kier molecular flexibility index (Phi) is 3.58. The van der Waals surface area contributed by atoms with E-state index >= 15 is 0 Å². The van der Waals surface area contributed by atoms with E-state index < -0.39 is 0 Å². The molecule has 0 saturated carbocycles. The van der Waals surface area contributed by atoms with Crippen LogP contribution in [-0.4, -0.2) is 12.0 Å². The number of nitrogens with zero attached hydrogens (tertiary/aromatic N) is 1. The molecule has 0 N–H and O–H groups in total. The minimum atomic E-state index is 0.917. The first-order chi connectivity index (χ1) is 9.26. The molecule has 0 aliphatic carbocycles. The number of hydrogen-bond donors (Lipinski definition) is 0. The highest BCUT2D eigenvalue weighted by Gasteiger charge is 2.20. The monoisotopic (exact) mass is 317 g/mol. The van der Waals surface area contributed by atoms with Crippen molar-refractivity contribution in [3.05, 3.63) is 63.6 Å². The van der Waals surface area contributed by atoms with Gasteiger partial charge in [-0.25, -0.2) is 0 Å². The van der Waals surface area contributed by atoms with Crippen LogP contribution in [0.15, 0.2) is 46.9 Å². The molecule has 2 nitrogen and oxygen atoms in total. The van der Waals surface area contributed by atoms with Gasteiger partial charge in [0.1, 0.15) is 5.75 Å². The second-order valence-electron chi connectivity index (χ2n) is 4.89. The van der Waals surface area contributed by atoms with Crippen molar-refractivity contribution in [3.63, 3.8) is 0 Å². The van der Waals surface area contributed by atoms with E-state index in [-0.39, 0.29) is 0 Å². The van der Waals surface area contributed by atoms with Crippen LogP contribution in [-0.2, 0) is 19.6 Å². The van der Waals surface area contributed by atoms with E-state index in [0.29, 0.717) is 0 Å². The Hall–Kier alpha value is -1.32. The standard InChI is InChI=1S/C16H16BrNO/c1-19-16-8-14-11-18(10-13(14)7-15(16)17)9-12-5-3-2-4-6-12/h2-8H,9-11H2,1H3. The zero-order chi connectivity index (χ0) is 13.2. The molecule has 0 fully saturated rings. The van der Waals surface area contributed by atoms with Gasteiger partial charge in [0.15, 0.2) is 0 Å². The zero-order valence-electron chi connectivity index (χ0n) is 10.9. The van der Waals surface area contributed by atoms with Crippen molar-refractivity contribution in [3.8, 4) is 5.75 Å². The maximum Gasteiger partial charge on any atom is 0.133 e. The lowest BCUT2D eigenvalue weighted by Crippen LogP contribution is -2.15. The van der Waals surface area contributed by atoms with Crippen LogP contribution in [0.25, 0.3) is 0 Å². The molecule has 0 spiro atoms. The van der Waals surface area contributed by atoms with Crippen LogP contribution in [0.2, 0.25) is 0 Å². The lowest BCUT2D eigenvalue weighted by Gasteiger charge is -2.14. The molecule has 0 amide bonds. The van der Waals surface area contributed by atoms with Crippen molar-refractivity contribution >= 4 is 15.9 Å². The SMILES string of the molecule is COc1cc2c(cc1Br)CN(Cc1ccccc1)C2. The Morgan fingerprint density at radius 1 is 1.11 bits per heavy atom. The molecule has 3 rings (SSSR count). The van der Waals surface area contributed by atoms with Crippen LogP contribution in [0, 0.1) is 0 Å². The van der Waals surface area contributed by atoms with Crippen molar-refractivity contribution in [2.24, 2.45) is 0 Å². The van der Waals surface area contributed by atoms with Crippen molar-refractivity contribution in [1.82, 2.24) is 4.90 Å². The summed E-state index contributed by atoms with van der Waals surface area (Å²) < 4.78 is 6.40. The summed E-state index contributed by atoms with van der Waals surface area (Å²) in [6.07, 6.45) is 0.